The average molecular weight is 296 g/mol. The Hall–Kier alpha value is -3.07. The summed E-state index contributed by atoms with van der Waals surface area (Å²) >= 11 is 0. The normalized spacial score (nSPS) is 10.5. The van der Waals surface area contributed by atoms with Crippen LogP contribution in [0.5, 0.6) is 0 Å². The molecule has 0 saturated heterocycles. The predicted octanol–water partition coefficient (Wildman–Crippen LogP) is 2.29. The number of benzene rings is 1. The smallest absolute Gasteiger partial charge is 0.309 e. The van der Waals surface area contributed by atoms with E-state index < -0.39 is 0 Å². The van der Waals surface area contributed by atoms with E-state index in [4.69, 9.17) is 15.7 Å². The third kappa shape index (κ3) is 3.52. The Morgan fingerprint density at radius 3 is 2.77 bits per heavy atom. The molecule has 0 saturated carbocycles. The number of hydrogen-bond acceptors (Lipinski definition) is 5. The molecule has 0 bridgehead atoms. The molecule has 112 valence electrons. The molecule has 22 heavy (non-hydrogen) atoms. The maximum atomic E-state index is 11.2. The van der Waals surface area contributed by atoms with E-state index in [1.807, 2.05) is 36.4 Å². The van der Waals surface area contributed by atoms with Crippen LogP contribution in [0, 0.1) is 11.3 Å². The molecule has 2 aromatic rings. The highest BCUT2D eigenvalue weighted by Gasteiger charge is 2.07. The fourth-order valence-corrected chi connectivity index (χ4v) is 1.89. The molecule has 0 aliphatic heterocycles. The highest BCUT2D eigenvalue weighted by molar-refractivity contribution is 5.72. The van der Waals surface area contributed by atoms with Crippen molar-refractivity contribution < 1.29 is 9.53 Å². The maximum absolute atomic E-state index is 11.2. The molecule has 0 aliphatic rings. The van der Waals surface area contributed by atoms with Crippen molar-refractivity contribution in [1.82, 2.24) is 9.78 Å². The summed E-state index contributed by atoms with van der Waals surface area (Å²) in [5, 5.41) is 13.0. The van der Waals surface area contributed by atoms with Gasteiger partial charge in [0, 0.05) is 0 Å². The number of nitriles is 1. The number of hydrogen-bond donors (Lipinski definition) is 1. The van der Waals surface area contributed by atoms with Crippen LogP contribution in [0.15, 0.2) is 36.5 Å². The van der Waals surface area contributed by atoms with Crippen LogP contribution in [0.2, 0.25) is 0 Å². The molecule has 2 rings (SSSR count). The number of aromatic nitrogens is 2. The van der Waals surface area contributed by atoms with Gasteiger partial charge in [-0.25, -0.2) is 4.68 Å². The van der Waals surface area contributed by atoms with Crippen molar-refractivity contribution in [2.45, 2.75) is 13.3 Å². The van der Waals surface area contributed by atoms with Crippen molar-refractivity contribution in [3.05, 3.63) is 47.7 Å². The fourth-order valence-electron chi connectivity index (χ4n) is 1.89. The summed E-state index contributed by atoms with van der Waals surface area (Å²) in [5.41, 5.74) is 7.89. The zero-order chi connectivity index (χ0) is 15.9. The van der Waals surface area contributed by atoms with E-state index in [0.717, 1.165) is 11.3 Å². The largest absolute Gasteiger partial charge is 0.466 e. The van der Waals surface area contributed by atoms with E-state index in [-0.39, 0.29) is 12.4 Å². The van der Waals surface area contributed by atoms with Crippen LogP contribution in [0.3, 0.4) is 0 Å². The van der Waals surface area contributed by atoms with Crippen LogP contribution in [-0.2, 0) is 9.53 Å². The molecule has 2 N–H and O–H groups in total. The Bertz CT molecular complexity index is 724. The van der Waals surface area contributed by atoms with Crippen LogP contribution in [0.25, 0.3) is 11.8 Å². The molecule has 0 fully saturated rings. The Morgan fingerprint density at radius 2 is 2.18 bits per heavy atom. The molecule has 0 spiro atoms. The second-order valence-electron chi connectivity index (χ2n) is 4.47. The van der Waals surface area contributed by atoms with Gasteiger partial charge in [0.25, 0.3) is 0 Å². The Morgan fingerprint density at radius 1 is 1.45 bits per heavy atom. The molecular weight excluding hydrogens is 280 g/mol. The van der Waals surface area contributed by atoms with Crippen molar-refractivity contribution in [2.24, 2.45) is 0 Å². The SMILES string of the molecule is CCOC(=O)CC=Cc1ccc(-n2ncc(C#N)c2N)cc1. The van der Waals surface area contributed by atoms with Gasteiger partial charge in [0.05, 0.1) is 24.9 Å². The summed E-state index contributed by atoms with van der Waals surface area (Å²) in [7, 11) is 0. The highest BCUT2D eigenvalue weighted by Crippen LogP contribution is 2.17. The van der Waals surface area contributed by atoms with Crippen LogP contribution >= 0.6 is 0 Å². The van der Waals surface area contributed by atoms with E-state index in [0.29, 0.717) is 18.0 Å². The van der Waals surface area contributed by atoms with Gasteiger partial charge in [0.15, 0.2) is 0 Å². The predicted molar refractivity (Wildman–Crippen MR) is 83.0 cm³/mol. The molecule has 1 heterocycles. The molecule has 1 aromatic carbocycles. The molecule has 0 unspecified atom stereocenters. The number of anilines is 1. The highest BCUT2D eigenvalue weighted by atomic mass is 16.5. The number of nitrogens with two attached hydrogens (primary N) is 1. The molecular formula is C16H16N4O2. The molecule has 0 amide bonds. The van der Waals surface area contributed by atoms with Gasteiger partial charge in [-0.2, -0.15) is 10.4 Å². The molecule has 0 radical (unpaired) electrons. The number of carbonyl (C=O) groups excluding carboxylic acids is 1. The minimum atomic E-state index is -0.247. The Labute approximate surface area is 128 Å². The number of ether oxygens (including phenoxy) is 1. The summed E-state index contributed by atoms with van der Waals surface area (Å²) in [5.74, 6) is 0.0665. The van der Waals surface area contributed by atoms with Gasteiger partial charge in [-0.1, -0.05) is 24.3 Å². The number of carbonyl (C=O) groups is 1. The topological polar surface area (TPSA) is 93.9 Å². The maximum Gasteiger partial charge on any atom is 0.309 e. The monoisotopic (exact) mass is 296 g/mol. The van der Waals surface area contributed by atoms with Gasteiger partial charge in [-0.3, -0.25) is 4.79 Å². The van der Waals surface area contributed by atoms with Gasteiger partial charge in [0.2, 0.25) is 0 Å². The molecule has 0 aliphatic carbocycles. The van der Waals surface area contributed by atoms with Crippen molar-refractivity contribution in [3.63, 3.8) is 0 Å². The van der Waals surface area contributed by atoms with E-state index in [9.17, 15) is 4.79 Å². The lowest BCUT2D eigenvalue weighted by atomic mass is 10.2. The third-order valence-electron chi connectivity index (χ3n) is 2.96. The standard InChI is InChI=1S/C16H16N4O2/c1-2-22-15(21)5-3-4-12-6-8-14(9-7-12)20-16(18)13(10-17)11-19-20/h3-4,6-9,11H,2,5,18H2,1H3. The fraction of sp³-hybridized carbons (Fsp3) is 0.188. The first-order valence-corrected chi connectivity index (χ1v) is 6.82. The van der Waals surface area contributed by atoms with Gasteiger partial charge in [0.1, 0.15) is 17.5 Å². The first-order chi connectivity index (χ1) is 10.7. The second kappa shape index (κ2) is 7.09. The summed E-state index contributed by atoms with van der Waals surface area (Å²) in [6.07, 6.45) is 5.27. The van der Waals surface area contributed by atoms with Crippen LogP contribution < -0.4 is 5.73 Å². The average Bonchev–Trinajstić information content (AvgIpc) is 2.89. The lowest BCUT2D eigenvalue weighted by Gasteiger charge is -2.04. The minimum Gasteiger partial charge on any atom is -0.466 e. The zero-order valence-electron chi connectivity index (χ0n) is 12.2. The van der Waals surface area contributed by atoms with E-state index in [1.165, 1.54) is 10.9 Å². The molecule has 1 aromatic heterocycles. The number of nitrogen functional groups attached to an aromatic ring is 1. The van der Waals surface area contributed by atoms with Crippen molar-refractivity contribution >= 4 is 17.9 Å². The molecule has 6 heteroatoms. The van der Waals surface area contributed by atoms with Crippen molar-refractivity contribution in [3.8, 4) is 11.8 Å². The molecule has 6 nitrogen and oxygen atoms in total. The lowest BCUT2D eigenvalue weighted by Crippen LogP contribution is -2.02. The second-order valence-corrected chi connectivity index (χ2v) is 4.47. The third-order valence-corrected chi connectivity index (χ3v) is 2.96. The number of nitrogens with zero attached hydrogens (tertiary/aromatic N) is 3. The zero-order valence-corrected chi connectivity index (χ0v) is 12.2. The first kappa shape index (κ1) is 15.3. The first-order valence-electron chi connectivity index (χ1n) is 6.82. The van der Waals surface area contributed by atoms with Crippen LogP contribution in [0.4, 0.5) is 5.82 Å². The van der Waals surface area contributed by atoms with Gasteiger partial charge < -0.3 is 10.5 Å². The Kier molecular flexibility index (Phi) is 4.94. The van der Waals surface area contributed by atoms with E-state index in [1.54, 1.807) is 13.0 Å². The summed E-state index contributed by atoms with van der Waals surface area (Å²) in [6.45, 7) is 2.16. The lowest BCUT2D eigenvalue weighted by molar-refractivity contribution is -0.142. The minimum absolute atomic E-state index is 0.243. The van der Waals surface area contributed by atoms with Crippen molar-refractivity contribution in [2.75, 3.05) is 12.3 Å². The van der Waals surface area contributed by atoms with Gasteiger partial charge in [-0.05, 0) is 24.6 Å². The summed E-state index contributed by atoms with van der Waals surface area (Å²) in [4.78, 5) is 11.2. The Balaban J connectivity index is 2.07. The number of rotatable bonds is 5. The summed E-state index contributed by atoms with van der Waals surface area (Å²) in [6, 6.07) is 9.42. The summed E-state index contributed by atoms with van der Waals surface area (Å²) < 4.78 is 6.35. The van der Waals surface area contributed by atoms with Crippen LogP contribution in [-0.4, -0.2) is 22.4 Å². The van der Waals surface area contributed by atoms with Gasteiger partial charge >= 0.3 is 5.97 Å². The quantitative estimate of drug-likeness (QED) is 0.854. The van der Waals surface area contributed by atoms with E-state index in [2.05, 4.69) is 5.10 Å². The molecule has 0 atom stereocenters. The van der Waals surface area contributed by atoms with Gasteiger partial charge in [-0.15, -0.1) is 0 Å². The number of esters is 1. The van der Waals surface area contributed by atoms with E-state index >= 15 is 0 Å². The van der Waals surface area contributed by atoms with Crippen molar-refractivity contribution in [1.29, 1.82) is 5.26 Å². The van der Waals surface area contributed by atoms with Crippen LogP contribution in [0.1, 0.15) is 24.5 Å².